The molecule has 1 aliphatic rings. The minimum atomic E-state index is -0.417. The van der Waals surface area contributed by atoms with Gasteiger partial charge in [0.25, 0.3) is 0 Å². The Balaban J connectivity index is 0.000000292. The van der Waals surface area contributed by atoms with E-state index in [-0.39, 0.29) is 0 Å². The second-order valence-electron chi connectivity index (χ2n) is 3.49. The number of quaternary nitrogens is 1. The SMILES string of the molecule is C[N+](C)(C)CC1CO1.[O-][Cl+][O-]. The van der Waals surface area contributed by atoms with Crippen LogP contribution in [-0.4, -0.2) is 44.9 Å². The summed E-state index contributed by atoms with van der Waals surface area (Å²) in [4.78, 5) is 0. The summed E-state index contributed by atoms with van der Waals surface area (Å²) in [6, 6.07) is 0. The van der Waals surface area contributed by atoms with Crippen LogP contribution < -0.4 is 9.32 Å². The smallest absolute Gasteiger partial charge is 0.130 e. The maximum absolute atomic E-state index is 8.24. The molecule has 1 saturated heterocycles. The number of nitrogens with zero attached hydrogens (tertiary/aromatic N) is 1. The van der Waals surface area contributed by atoms with Crippen molar-refractivity contribution in [2.24, 2.45) is 0 Å². The molecule has 1 aliphatic heterocycles. The van der Waals surface area contributed by atoms with Gasteiger partial charge in [-0.15, -0.1) is 0 Å². The van der Waals surface area contributed by atoms with Crippen LogP contribution in [0.2, 0.25) is 0 Å². The lowest BCUT2D eigenvalue weighted by Crippen LogP contribution is -2.37. The van der Waals surface area contributed by atoms with E-state index in [0.29, 0.717) is 6.10 Å². The predicted molar refractivity (Wildman–Crippen MR) is 32.6 cm³/mol. The largest absolute Gasteiger partial charge is 0.544 e. The van der Waals surface area contributed by atoms with Gasteiger partial charge in [0.05, 0.1) is 39.1 Å². The molecular formula is C6H14ClNO3. The van der Waals surface area contributed by atoms with Gasteiger partial charge in [0.1, 0.15) is 12.6 Å². The van der Waals surface area contributed by atoms with E-state index in [1.807, 2.05) is 0 Å². The minimum absolute atomic E-state index is 0.417. The minimum Gasteiger partial charge on any atom is -0.544 e. The van der Waals surface area contributed by atoms with Crippen molar-refractivity contribution < 1.29 is 29.9 Å². The highest BCUT2D eigenvalue weighted by Gasteiger charge is 2.28. The lowest BCUT2D eigenvalue weighted by Gasteiger charge is -2.22. The molecule has 1 fully saturated rings. The van der Waals surface area contributed by atoms with Crippen LogP contribution in [0.5, 0.6) is 0 Å². The maximum atomic E-state index is 8.24. The van der Waals surface area contributed by atoms with Gasteiger partial charge in [-0.2, -0.15) is 0 Å². The number of halogens is 1. The molecule has 0 spiro atoms. The average Bonchev–Trinajstić information content (AvgIpc) is 2.47. The van der Waals surface area contributed by atoms with Crippen LogP contribution >= 0.6 is 0 Å². The van der Waals surface area contributed by atoms with Crippen molar-refractivity contribution in [3.05, 3.63) is 0 Å². The molecule has 11 heavy (non-hydrogen) atoms. The standard InChI is InChI=1S/C6H14NO.ClO2/c1-7(2,3)4-6-5-8-6;2-1-3/h6H,4-5H2,1-3H3;/q+1;-1. The molecule has 68 valence electrons. The van der Waals surface area contributed by atoms with Gasteiger partial charge >= 0.3 is 0 Å². The van der Waals surface area contributed by atoms with Crippen LogP contribution in [0.1, 0.15) is 0 Å². The molecule has 0 aromatic heterocycles. The number of hydrogen-bond donors (Lipinski definition) is 0. The molecule has 0 radical (unpaired) electrons. The van der Waals surface area contributed by atoms with Gasteiger partial charge in [0.2, 0.25) is 0 Å². The zero-order valence-corrected chi connectivity index (χ0v) is 7.80. The highest BCUT2D eigenvalue weighted by molar-refractivity contribution is 4.66. The molecule has 0 aromatic rings. The predicted octanol–water partition coefficient (Wildman–Crippen LogP) is -2.29. The fourth-order valence-electron chi connectivity index (χ4n) is 0.784. The van der Waals surface area contributed by atoms with E-state index in [4.69, 9.17) is 14.1 Å². The summed E-state index contributed by atoms with van der Waals surface area (Å²) >= 11 is -0.417. The molecule has 1 heterocycles. The van der Waals surface area contributed by atoms with E-state index >= 15 is 0 Å². The van der Waals surface area contributed by atoms with Crippen molar-refractivity contribution >= 4 is 0 Å². The first-order valence-corrected chi connectivity index (χ1v) is 3.92. The Bertz CT molecular complexity index is 100. The number of hydrogen-bond acceptors (Lipinski definition) is 3. The number of epoxide rings is 1. The second kappa shape index (κ2) is 4.90. The molecule has 0 amide bonds. The summed E-state index contributed by atoms with van der Waals surface area (Å²) in [6.07, 6.45) is 0.565. The lowest BCUT2D eigenvalue weighted by molar-refractivity contribution is -1.41. The molecule has 0 aromatic carbocycles. The van der Waals surface area contributed by atoms with Gasteiger partial charge < -0.3 is 18.5 Å². The van der Waals surface area contributed by atoms with Crippen molar-refractivity contribution in [1.82, 2.24) is 0 Å². The third kappa shape index (κ3) is 10.1. The molecular weight excluding hydrogens is 170 g/mol. The van der Waals surface area contributed by atoms with E-state index in [1.165, 1.54) is 0 Å². The van der Waals surface area contributed by atoms with Gasteiger partial charge in [0, 0.05) is 0 Å². The van der Waals surface area contributed by atoms with Gasteiger partial charge in [-0.05, 0) is 0 Å². The highest BCUT2D eigenvalue weighted by atomic mass is 35.6. The summed E-state index contributed by atoms with van der Waals surface area (Å²) in [5, 5.41) is 0. The van der Waals surface area contributed by atoms with Crippen LogP contribution in [-0.2, 0) is 4.74 Å². The van der Waals surface area contributed by atoms with Crippen molar-refractivity contribution in [3.8, 4) is 0 Å². The highest BCUT2D eigenvalue weighted by Crippen LogP contribution is 2.11. The van der Waals surface area contributed by atoms with E-state index in [9.17, 15) is 0 Å². The summed E-state index contributed by atoms with van der Waals surface area (Å²) in [7, 11) is 6.55. The first-order valence-electron chi connectivity index (χ1n) is 3.31. The molecule has 0 bridgehead atoms. The molecule has 0 saturated carbocycles. The fraction of sp³-hybridized carbons (Fsp3) is 1.00. The number of rotatable bonds is 2. The Morgan fingerprint density at radius 2 is 1.82 bits per heavy atom. The van der Waals surface area contributed by atoms with Crippen LogP contribution in [0.3, 0.4) is 0 Å². The third-order valence-electron chi connectivity index (χ3n) is 1.15. The summed E-state index contributed by atoms with van der Waals surface area (Å²) < 4.78 is 22.6. The molecule has 1 unspecified atom stereocenters. The Hall–Kier alpha value is 0.130. The average molecular weight is 184 g/mol. The second-order valence-corrected chi connectivity index (χ2v) is 3.62. The van der Waals surface area contributed by atoms with E-state index < -0.39 is 11.3 Å². The van der Waals surface area contributed by atoms with E-state index in [1.54, 1.807) is 0 Å². The molecule has 5 heteroatoms. The number of likely N-dealkylation sites (N-methyl/N-ethyl adjacent to an activating group) is 1. The molecule has 1 rings (SSSR count). The number of ether oxygens (including phenoxy) is 1. The molecule has 0 aliphatic carbocycles. The zero-order valence-electron chi connectivity index (χ0n) is 7.04. The van der Waals surface area contributed by atoms with Gasteiger partial charge in [-0.25, -0.2) is 0 Å². The Kier molecular flexibility index (Phi) is 4.96. The Morgan fingerprint density at radius 1 is 1.45 bits per heavy atom. The normalized spacial score (nSPS) is 22.1. The van der Waals surface area contributed by atoms with Crippen LogP contribution in [0.25, 0.3) is 0 Å². The monoisotopic (exact) mass is 183 g/mol. The quantitative estimate of drug-likeness (QED) is 0.358. The van der Waals surface area contributed by atoms with Crippen molar-refractivity contribution in [3.63, 3.8) is 0 Å². The molecule has 4 nitrogen and oxygen atoms in total. The van der Waals surface area contributed by atoms with Crippen molar-refractivity contribution in [2.45, 2.75) is 6.10 Å². The lowest BCUT2D eigenvalue weighted by atomic mass is 10.4. The van der Waals surface area contributed by atoms with E-state index in [0.717, 1.165) is 17.6 Å². The van der Waals surface area contributed by atoms with Crippen molar-refractivity contribution in [2.75, 3.05) is 34.3 Å². The third-order valence-corrected chi connectivity index (χ3v) is 1.15. The van der Waals surface area contributed by atoms with E-state index in [2.05, 4.69) is 21.1 Å². The summed E-state index contributed by atoms with van der Waals surface area (Å²) in [5.41, 5.74) is 0. The molecule has 0 N–H and O–H groups in total. The van der Waals surface area contributed by atoms with Gasteiger partial charge in [-0.1, -0.05) is 0 Å². The van der Waals surface area contributed by atoms with Crippen LogP contribution in [0.15, 0.2) is 0 Å². The summed E-state index contributed by atoms with van der Waals surface area (Å²) in [6.45, 7) is 2.13. The van der Waals surface area contributed by atoms with Gasteiger partial charge in [0.15, 0.2) is 0 Å². The maximum Gasteiger partial charge on any atom is 0.130 e. The first kappa shape index (κ1) is 11.1. The first-order chi connectivity index (χ1) is 4.99. The fourth-order valence-corrected chi connectivity index (χ4v) is 0.784. The Morgan fingerprint density at radius 3 is 1.91 bits per heavy atom. The topological polar surface area (TPSA) is 58.6 Å². The summed E-state index contributed by atoms with van der Waals surface area (Å²) in [5.74, 6) is 0. The van der Waals surface area contributed by atoms with Crippen molar-refractivity contribution in [1.29, 1.82) is 0 Å². The van der Waals surface area contributed by atoms with Crippen LogP contribution in [0.4, 0.5) is 0 Å². The Labute approximate surface area is 71.0 Å². The molecule has 1 atom stereocenters. The van der Waals surface area contributed by atoms with Gasteiger partial charge in [-0.3, -0.25) is 0 Å². The zero-order chi connectivity index (χ0) is 8.91. The van der Waals surface area contributed by atoms with Crippen LogP contribution in [0, 0.1) is 11.3 Å².